The Bertz CT molecular complexity index is 1300. The fourth-order valence-corrected chi connectivity index (χ4v) is 4.53. The Morgan fingerprint density at radius 2 is 1.76 bits per heavy atom. The predicted octanol–water partition coefficient (Wildman–Crippen LogP) is 3.80. The zero-order valence-corrected chi connectivity index (χ0v) is 20.7. The number of aliphatic hydroxyl groups is 1. The first kappa shape index (κ1) is 24.8. The molecule has 5 rings (SSSR count). The smallest absolute Gasteiger partial charge is 0.251 e. The third-order valence-corrected chi connectivity index (χ3v) is 6.83. The maximum absolute atomic E-state index is 13.3. The summed E-state index contributed by atoms with van der Waals surface area (Å²) in [7, 11) is 0. The molecule has 0 radical (unpaired) electrons. The van der Waals surface area contributed by atoms with Crippen LogP contribution < -0.4 is 20.1 Å². The summed E-state index contributed by atoms with van der Waals surface area (Å²) in [6.45, 7) is 3.15. The lowest BCUT2D eigenvalue weighted by Gasteiger charge is -2.17. The van der Waals surface area contributed by atoms with E-state index in [-0.39, 0.29) is 31.8 Å². The standard InChI is InChI=1S/C29H30N2O6/c1-19-2-8-23(31-28(34)29(10-11-29)22-7-9-25-26(16-22)37-18-36-25)17-24(19)20-3-5-21(6-4-20)27(33)30-12-14-35-15-13-32/h2-9,16-17,32H,10-15,18H2,1H3,(H,30,33)(H,31,34). The Hall–Kier alpha value is -3.88. The maximum atomic E-state index is 13.3. The number of hydrogen-bond donors (Lipinski definition) is 3. The van der Waals surface area contributed by atoms with Crippen LogP contribution in [0.4, 0.5) is 5.69 Å². The van der Waals surface area contributed by atoms with E-state index in [1.54, 1.807) is 12.1 Å². The summed E-state index contributed by atoms with van der Waals surface area (Å²) in [5.41, 5.74) is 4.66. The molecule has 1 saturated carbocycles. The van der Waals surface area contributed by atoms with Gasteiger partial charge in [-0.05, 0) is 78.4 Å². The number of ether oxygens (including phenoxy) is 3. The van der Waals surface area contributed by atoms with Crippen LogP contribution in [0.3, 0.4) is 0 Å². The largest absolute Gasteiger partial charge is 0.454 e. The average Bonchev–Trinajstić information content (AvgIpc) is 3.60. The van der Waals surface area contributed by atoms with Crippen LogP contribution in [0.5, 0.6) is 11.5 Å². The Kier molecular flexibility index (Phi) is 7.12. The SMILES string of the molecule is Cc1ccc(NC(=O)C2(c3ccc4c(c3)OCO4)CC2)cc1-c1ccc(C(=O)NCCOCCO)cc1. The zero-order chi connectivity index (χ0) is 25.8. The number of anilines is 1. The normalized spacial score (nSPS) is 14.8. The minimum atomic E-state index is -0.551. The lowest BCUT2D eigenvalue weighted by molar-refractivity contribution is -0.118. The van der Waals surface area contributed by atoms with Crippen molar-refractivity contribution in [3.8, 4) is 22.6 Å². The summed E-state index contributed by atoms with van der Waals surface area (Å²) in [4.78, 5) is 25.7. The summed E-state index contributed by atoms with van der Waals surface area (Å²) in [6, 6.07) is 19.0. The number of nitrogens with one attached hydrogen (secondary N) is 2. The number of benzene rings is 3. The second kappa shape index (κ2) is 10.6. The first-order valence-electron chi connectivity index (χ1n) is 12.4. The molecular formula is C29H30N2O6. The topological polar surface area (TPSA) is 106 Å². The van der Waals surface area contributed by atoms with Gasteiger partial charge in [-0.15, -0.1) is 0 Å². The van der Waals surface area contributed by atoms with E-state index in [0.29, 0.717) is 30.2 Å². The van der Waals surface area contributed by atoms with Crippen LogP contribution in [0.15, 0.2) is 60.7 Å². The number of fused-ring (bicyclic) bond motifs is 1. The van der Waals surface area contributed by atoms with Crippen molar-refractivity contribution in [3.63, 3.8) is 0 Å². The molecule has 2 amide bonds. The van der Waals surface area contributed by atoms with Crippen LogP contribution in [0.25, 0.3) is 11.1 Å². The lowest BCUT2D eigenvalue weighted by Crippen LogP contribution is -2.27. The molecule has 0 unspecified atom stereocenters. The Balaban J connectivity index is 1.26. The quantitative estimate of drug-likeness (QED) is 0.364. The van der Waals surface area contributed by atoms with Crippen molar-refractivity contribution < 1.29 is 28.9 Å². The van der Waals surface area contributed by atoms with Crippen LogP contribution in [0, 0.1) is 6.92 Å². The second-order valence-electron chi connectivity index (χ2n) is 9.30. The second-order valence-corrected chi connectivity index (χ2v) is 9.30. The van der Waals surface area contributed by atoms with Crippen LogP contribution >= 0.6 is 0 Å². The highest BCUT2D eigenvalue weighted by Crippen LogP contribution is 2.51. The predicted molar refractivity (Wildman–Crippen MR) is 139 cm³/mol. The summed E-state index contributed by atoms with van der Waals surface area (Å²) < 4.78 is 16.1. The average molecular weight is 503 g/mol. The first-order valence-corrected chi connectivity index (χ1v) is 12.4. The van der Waals surface area contributed by atoms with Crippen molar-refractivity contribution in [1.82, 2.24) is 5.32 Å². The molecule has 0 bridgehead atoms. The van der Waals surface area contributed by atoms with Crippen LogP contribution in [0.1, 0.15) is 34.3 Å². The van der Waals surface area contributed by atoms with Crippen molar-refractivity contribution in [3.05, 3.63) is 77.4 Å². The summed E-state index contributed by atoms with van der Waals surface area (Å²) >= 11 is 0. The van der Waals surface area contributed by atoms with Gasteiger partial charge in [-0.3, -0.25) is 9.59 Å². The van der Waals surface area contributed by atoms with Crippen LogP contribution in [-0.2, 0) is 14.9 Å². The molecule has 8 nitrogen and oxygen atoms in total. The number of carbonyl (C=O) groups is 2. The number of aryl methyl sites for hydroxylation is 1. The fourth-order valence-electron chi connectivity index (χ4n) is 4.53. The zero-order valence-electron chi connectivity index (χ0n) is 20.7. The van der Waals surface area contributed by atoms with Crippen molar-refractivity contribution in [1.29, 1.82) is 0 Å². The minimum Gasteiger partial charge on any atom is -0.454 e. The molecule has 3 aromatic rings. The minimum absolute atomic E-state index is 0.0313. The van der Waals surface area contributed by atoms with Crippen molar-refractivity contribution in [2.75, 3.05) is 38.5 Å². The van der Waals surface area contributed by atoms with Gasteiger partial charge in [0.15, 0.2) is 11.5 Å². The van der Waals surface area contributed by atoms with Crippen molar-refractivity contribution in [2.45, 2.75) is 25.2 Å². The molecule has 3 N–H and O–H groups in total. The van der Waals surface area contributed by atoms with Gasteiger partial charge in [0.1, 0.15) is 0 Å². The molecule has 1 fully saturated rings. The van der Waals surface area contributed by atoms with Crippen molar-refractivity contribution in [2.24, 2.45) is 0 Å². The van der Waals surface area contributed by atoms with Gasteiger partial charge in [0.2, 0.25) is 12.7 Å². The number of hydrogen-bond acceptors (Lipinski definition) is 6. The Morgan fingerprint density at radius 1 is 0.973 bits per heavy atom. The lowest BCUT2D eigenvalue weighted by atomic mass is 9.94. The Morgan fingerprint density at radius 3 is 2.51 bits per heavy atom. The first-order chi connectivity index (χ1) is 18.0. The summed E-state index contributed by atoms with van der Waals surface area (Å²) in [6.07, 6.45) is 1.57. The molecule has 192 valence electrons. The molecule has 37 heavy (non-hydrogen) atoms. The molecule has 1 heterocycles. The van der Waals surface area contributed by atoms with Gasteiger partial charge in [-0.1, -0.05) is 24.3 Å². The van der Waals surface area contributed by atoms with Gasteiger partial charge in [0.05, 0.1) is 25.2 Å². The van der Waals surface area contributed by atoms with Gasteiger partial charge in [0.25, 0.3) is 5.91 Å². The molecule has 0 aromatic heterocycles. The summed E-state index contributed by atoms with van der Waals surface area (Å²) in [5.74, 6) is 1.17. The van der Waals surface area contributed by atoms with E-state index in [4.69, 9.17) is 19.3 Å². The highest BCUT2D eigenvalue weighted by molar-refractivity contribution is 6.02. The van der Waals surface area contributed by atoms with E-state index < -0.39 is 5.41 Å². The van der Waals surface area contributed by atoms with Gasteiger partial charge in [0, 0.05) is 17.8 Å². The van der Waals surface area contributed by atoms with Gasteiger partial charge < -0.3 is 30.0 Å². The molecule has 2 aliphatic rings. The van der Waals surface area contributed by atoms with E-state index in [1.165, 1.54) is 0 Å². The third kappa shape index (κ3) is 5.30. The fraction of sp³-hybridized carbons (Fsp3) is 0.310. The third-order valence-electron chi connectivity index (χ3n) is 6.83. The molecule has 1 aliphatic heterocycles. The monoisotopic (exact) mass is 502 g/mol. The van der Waals surface area contributed by atoms with Crippen LogP contribution in [-0.4, -0.2) is 50.1 Å². The molecule has 0 atom stereocenters. The Labute approximate surface area is 215 Å². The highest BCUT2D eigenvalue weighted by atomic mass is 16.7. The van der Waals surface area contributed by atoms with E-state index >= 15 is 0 Å². The molecule has 1 aliphatic carbocycles. The number of carbonyl (C=O) groups excluding carboxylic acids is 2. The molecule has 0 spiro atoms. The number of aliphatic hydroxyl groups excluding tert-OH is 1. The van der Waals surface area contributed by atoms with E-state index in [2.05, 4.69) is 10.6 Å². The summed E-state index contributed by atoms with van der Waals surface area (Å²) in [5, 5.41) is 14.6. The molecular weight excluding hydrogens is 472 g/mol. The maximum Gasteiger partial charge on any atom is 0.251 e. The van der Waals surface area contributed by atoms with Crippen LogP contribution in [0.2, 0.25) is 0 Å². The van der Waals surface area contributed by atoms with Gasteiger partial charge >= 0.3 is 0 Å². The van der Waals surface area contributed by atoms with Gasteiger partial charge in [-0.2, -0.15) is 0 Å². The molecule has 8 heteroatoms. The van der Waals surface area contributed by atoms with E-state index in [9.17, 15) is 9.59 Å². The number of rotatable bonds is 10. The molecule has 3 aromatic carbocycles. The molecule has 0 saturated heterocycles. The number of amides is 2. The van der Waals surface area contributed by atoms with E-state index in [0.717, 1.165) is 40.8 Å². The highest BCUT2D eigenvalue weighted by Gasteiger charge is 2.51. The van der Waals surface area contributed by atoms with Crippen molar-refractivity contribution >= 4 is 17.5 Å². The van der Waals surface area contributed by atoms with E-state index in [1.807, 2.05) is 55.5 Å². The van der Waals surface area contributed by atoms with Gasteiger partial charge in [-0.25, -0.2) is 0 Å².